The summed E-state index contributed by atoms with van der Waals surface area (Å²) < 4.78 is 1.85. The molecule has 3 rings (SSSR count). The van der Waals surface area contributed by atoms with Gasteiger partial charge in [0.15, 0.2) is 0 Å². The van der Waals surface area contributed by atoms with Crippen molar-refractivity contribution in [3.63, 3.8) is 0 Å². The van der Waals surface area contributed by atoms with E-state index >= 15 is 0 Å². The predicted molar refractivity (Wildman–Crippen MR) is 84.0 cm³/mol. The Hall–Kier alpha value is -2.05. The molecule has 0 aliphatic heterocycles. The number of hydrogen-bond acceptors (Lipinski definition) is 5. The van der Waals surface area contributed by atoms with E-state index in [0.717, 1.165) is 30.8 Å². The first kappa shape index (κ1) is 13.9. The number of nitrogens with zero attached hydrogens (tertiary/aromatic N) is 4. The SMILES string of the molecule is Cn1cc(CNCCc2nccs2)c(-c2cccnc2)n1. The molecule has 3 aromatic rings. The molecule has 0 saturated heterocycles. The first-order valence-corrected chi connectivity index (χ1v) is 7.73. The molecule has 0 radical (unpaired) electrons. The second kappa shape index (κ2) is 6.60. The van der Waals surface area contributed by atoms with Gasteiger partial charge in [0.2, 0.25) is 0 Å². The molecule has 3 aromatic heterocycles. The van der Waals surface area contributed by atoms with Gasteiger partial charge in [-0.15, -0.1) is 11.3 Å². The molecular formula is C15H17N5S. The van der Waals surface area contributed by atoms with Gasteiger partial charge in [-0.05, 0) is 12.1 Å². The highest BCUT2D eigenvalue weighted by Crippen LogP contribution is 2.20. The number of pyridine rings is 1. The molecule has 108 valence electrons. The first-order valence-electron chi connectivity index (χ1n) is 6.85. The van der Waals surface area contributed by atoms with Crippen molar-refractivity contribution in [1.29, 1.82) is 0 Å². The van der Waals surface area contributed by atoms with Crippen molar-refractivity contribution in [2.75, 3.05) is 6.54 Å². The van der Waals surface area contributed by atoms with Gasteiger partial charge in [-0.2, -0.15) is 5.10 Å². The lowest BCUT2D eigenvalue weighted by molar-refractivity contribution is 0.684. The van der Waals surface area contributed by atoms with Gasteiger partial charge in [-0.3, -0.25) is 9.67 Å². The van der Waals surface area contributed by atoms with E-state index in [1.54, 1.807) is 17.5 Å². The minimum absolute atomic E-state index is 0.795. The molecule has 0 bridgehead atoms. The Labute approximate surface area is 127 Å². The van der Waals surface area contributed by atoms with E-state index in [1.165, 1.54) is 10.6 Å². The zero-order chi connectivity index (χ0) is 14.5. The van der Waals surface area contributed by atoms with Crippen molar-refractivity contribution in [3.05, 3.63) is 52.9 Å². The molecule has 3 heterocycles. The average molecular weight is 299 g/mol. The number of hydrogen-bond donors (Lipinski definition) is 1. The van der Waals surface area contributed by atoms with Crippen LogP contribution in [0.15, 0.2) is 42.3 Å². The number of thiazole rings is 1. The third-order valence-electron chi connectivity index (χ3n) is 3.15. The number of aromatic nitrogens is 4. The quantitative estimate of drug-likeness (QED) is 0.709. The molecule has 0 unspecified atom stereocenters. The van der Waals surface area contributed by atoms with Crippen molar-refractivity contribution in [1.82, 2.24) is 25.1 Å². The first-order chi connectivity index (χ1) is 10.3. The highest BCUT2D eigenvalue weighted by Gasteiger charge is 2.09. The van der Waals surface area contributed by atoms with Crippen LogP contribution in [0.4, 0.5) is 0 Å². The van der Waals surface area contributed by atoms with Crippen LogP contribution in [0, 0.1) is 0 Å². The molecule has 5 nitrogen and oxygen atoms in total. The van der Waals surface area contributed by atoms with Gasteiger partial charge in [0, 0.05) is 67.9 Å². The molecule has 0 aliphatic rings. The van der Waals surface area contributed by atoms with Gasteiger partial charge in [0.05, 0.1) is 10.7 Å². The van der Waals surface area contributed by atoms with Gasteiger partial charge in [-0.25, -0.2) is 4.98 Å². The van der Waals surface area contributed by atoms with Crippen LogP contribution >= 0.6 is 11.3 Å². The van der Waals surface area contributed by atoms with E-state index in [4.69, 9.17) is 0 Å². The van der Waals surface area contributed by atoms with Gasteiger partial charge < -0.3 is 5.32 Å². The number of nitrogens with one attached hydrogen (secondary N) is 1. The summed E-state index contributed by atoms with van der Waals surface area (Å²) in [4.78, 5) is 8.45. The summed E-state index contributed by atoms with van der Waals surface area (Å²) in [6.07, 6.45) is 8.49. The van der Waals surface area contributed by atoms with E-state index < -0.39 is 0 Å². The Bertz CT molecular complexity index is 675. The smallest absolute Gasteiger partial charge is 0.0983 e. The normalized spacial score (nSPS) is 10.9. The Kier molecular flexibility index (Phi) is 4.37. The van der Waals surface area contributed by atoms with Crippen LogP contribution in [0.2, 0.25) is 0 Å². The topological polar surface area (TPSA) is 55.6 Å². The second-order valence-electron chi connectivity index (χ2n) is 4.77. The van der Waals surface area contributed by atoms with Crippen molar-refractivity contribution < 1.29 is 0 Å². The minimum Gasteiger partial charge on any atom is -0.312 e. The van der Waals surface area contributed by atoms with Gasteiger partial charge >= 0.3 is 0 Å². The second-order valence-corrected chi connectivity index (χ2v) is 5.75. The molecule has 0 amide bonds. The highest BCUT2D eigenvalue weighted by molar-refractivity contribution is 7.09. The van der Waals surface area contributed by atoms with E-state index in [9.17, 15) is 0 Å². The van der Waals surface area contributed by atoms with Crippen LogP contribution < -0.4 is 5.32 Å². The van der Waals surface area contributed by atoms with Crippen molar-refractivity contribution in [2.24, 2.45) is 7.05 Å². The maximum atomic E-state index is 4.54. The highest BCUT2D eigenvalue weighted by atomic mass is 32.1. The molecule has 0 spiro atoms. The van der Waals surface area contributed by atoms with Crippen LogP contribution in [0.3, 0.4) is 0 Å². The lowest BCUT2D eigenvalue weighted by Crippen LogP contribution is -2.16. The minimum atomic E-state index is 0.795. The molecule has 0 saturated carbocycles. The van der Waals surface area contributed by atoms with Crippen LogP contribution in [0.1, 0.15) is 10.6 Å². The average Bonchev–Trinajstić information content (AvgIpc) is 3.14. The monoisotopic (exact) mass is 299 g/mol. The number of aryl methyl sites for hydroxylation is 1. The molecule has 6 heteroatoms. The maximum absolute atomic E-state index is 4.54. The van der Waals surface area contributed by atoms with Gasteiger partial charge in [0.1, 0.15) is 0 Å². The van der Waals surface area contributed by atoms with E-state index in [0.29, 0.717) is 0 Å². The summed E-state index contributed by atoms with van der Waals surface area (Å²) in [5.41, 5.74) is 3.23. The standard InChI is InChI=1S/C15H17N5S/c1-20-11-13(10-17-6-4-14-18-7-8-21-14)15(19-20)12-3-2-5-16-9-12/h2-3,5,7-9,11,17H,4,6,10H2,1H3. The Morgan fingerprint density at radius 2 is 2.29 bits per heavy atom. The summed E-state index contributed by atoms with van der Waals surface area (Å²) in [5.74, 6) is 0. The molecule has 1 N–H and O–H groups in total. The number of rotatable bonds is 6. The van der Waals surface area contributed by atoms with Crippen molar-refractivity contribution >= 4 is 11.3 Å². The molecule has 21 heavy (non-hydrogen) atoms. The van der Waals surface area contributed by atoms with E-state index in [2.05, 4.69) is 26.6 Å². The largest absolute Gasteiger partial charge is 0.312 e. The third-order valence-corrected chi connectivity index (χ3v) is 3.99. The summed E-state index contributed by atoms with van der Waals surface area (Å²) in [5, 5.41) is 11.2. The zero-order valence-corrected chi connectivity index (χ0v) is 12.7. The molecule has 0 aliphatic carbocycles. The third kappa shape index (κ3) is 3.53. The zero-order valence-electron chi connectivity index (χ0n) is 11.9. The van der Waals surface area contributed by atoms with Gasteiger partial charge in [-0.1, -0.05) is 0 Å². The fourth-order valence-electron chi connectivity index (χ4n) is 2.21. The summed E-state index contributed by atoms with van der Waals surface area (Å²) in [7, 11) is 1.94. The van der Waals surface area contributed by atoms with Crippen LogP contribution in [-0.4, -0.2) is 26.3 Å². The Morgan fingerprint density at radius 3 is 3.05 bits per heavy atom. The fourth-order valence-corrected chi connectivity index (χ4v) is 2.83. The summed E-state index contributed by atoms with van der Waals surface area (Å²) >= 11 is 1.70. The lowest BCUT2D eigenvalue weighted by atomic mass is 10.1. The maximum Gasteiger partial charge on any atom is 0.0983 e. The Morgan fingerprint density at radius 1 is 1.33 bits per heavy atom. The molecular weight excluding hydrogens is 282 g/mol. The predicted octanol–water partition coefficient (Wildman–Crippen LogP) is 2.27. The van der Waals surface area contributed by atoms with E-state index in [-0.39, 0.29) is 0 Å². The van der Waals surface area contributed by atoms with E-state index in [1.807, 2.05) is 41.6 Å². The van der Waals surface area contributed by atoms with Gasteiger partial charge in [0.25, 0.3) is 0 Å². The van der Waals surface area contributed by atoms with Crippen LogP contribution in [-0.2, 0) is 20.0 Å². The summed E-state index contributed by atoms with van der Waals surface area (Å²) in [6, 6.07) is 3.97. The summed E-state index contributed by atoms with van der Waals surface area (Å²) in [6.45, 7) is 1.71. The van der Waals surface area contributed by atoms with Crippen molar-refractivity contribution in [2.45, 2.75) is 13.0 Å². The lowest BCUT2D eigenvalue weighted by Gasteiger charge is -2.04. The Balaban J connectivity index is 1.63. The van der Waals surface area contributed by atoms with Crippen molar-refractivity contribution in [3.8, 4) is 11.3 Å². The fraction of sp³-hybridized carbons (Fsp3) is 0.267. The van der Waals surface area contributed by atoms with Crippen LogP contribution in [0.25, 0.3) is 11.3 Å². The molecule has 0 aromatic carbocycles. The molecule has 0 atom stereocenters. The molecule has 0 fully saturated rings. The van der Waals surface area contributed by atoms with Crippen LogP contribution in [0.5, 0.6) is 0 Å².